The highest BCUT2D eigenvalue weighted by Crippen LogP contribution is 2.49. The Hall–Kier alpha value is -1.58. The topological polar surface area (TPSA) is 55.2 Å². The average Bonchev–Trinajstić information content (AvgIpc) is 2.91. The largest absolute Gasteiger partial charge is 0.382 e. The van der Waals surface area contributed by atoms with Gasteiger partial charge in [-0.25, -0.2) is 0 Å². The van der Waals surface area contributed by atoms with E-state index >= 15 is 0 Å². The van der Waals surface area contributed by atoms with Gasteiger partial charge in [0.15, 0.2) is 0 Å². The predicted octanol–water partition coefficient (Wildman–Crippen LogP) is 4.51. The fraction of sp³-hybridized carbons (Fsp3) is 0.625. The van der Waals surface area contributed by atoms with Crippen molar-refractivity contribution in [2.45, 2.75) is 57.4 Å². The van der Waals surface area contributed by atoms with Crippen molar-refractivity contribution in [3.8, 4) is 0 Å². The molecule has 2 aliphatic rings. The summed E-state index contributed by atoms with van der Waals surface area (Å²) in [6.07, 6.45) is 10.8. The molecular formula is C16H22N2O2. The van der Waals surface area contributed by atoms with E-state index in [1.807, 2.05) is 12.1 Å². The fourth-order valence-corrected chi connectivity index (χ4v) is 3.91. The van der Waals surface area contributed by atoms with Crippen molar-refractivity contribution in [1.29, 1.82) is 0 Å². The molecule has 20 heavy (non-hydrogen) atoms. The molecular weight excluding hydrogens is 252 g/mol. The number of benzene rings is 1. The molecule has 0 unspecified atom stereocenters. The molecule has 2 aliphatic carbocycles. The molecule has 1 spiro atoms. The van der Waals surface area contributed by atoms with Gasteiger partial charge in [0.25, 0.3) is 5.69 Å². The van der Waals surface area contributed by atoms with Crippen LogP contribution in [0.25, 0.3) is 0 Å². The first-order chi connectivity index (χ1) is 9.67. The van der Waals surface area contributed by atoms with Crippen LogP contribution in [0.15, 0.2) is 24.3 Å². The van der Waals surface area contributed by atoms with Crippen molar-refractivity contribution < 1.29 is 4.92 Å². The predicted molar refractivity (Wildman–Crippen MR) is 79.9 cm³/mol. The molecule has 2 fully saturated rings. The van der Waals surface area contributed by atoms with Crippen LogP contribution in [0.2, 0.25) is 0 Å². The minimum atomic E-state index is -0.353. The SMILES string of the molecule is O=[N+]([O-])c1ccc(NC2CCC3(CCCC3)CC2)cc1. The highest BCUT2D eigenvalue weighted by atomic mass is 16.6. The zero-order chi connectivity index (χ0) is 14.0. The normalized spacial score (nSPS) is 22.0. The minimum Gasteiger partial charge on any atom is -0.382 e. The zero-order valence-electron chi connectivity index (χ0n) is 11.8. The van der Waals surface area contributed by atoms with E-state index in [4.69, 9.17) is 0 Å². The van der Waals surface area contributed by atoms with Crippen LogP contribution >= 0.6 is 0 Å². The molecule has 0 amide bonds. The van der Waals surface area contributed by atoms with Gasteiger partial charge in [-0.2, -0.15) is 0 Å². The second-order valence-electron chi connectivity index (χ2n) is 6.43. The van der Waals surface area contributed by atoms with Crippen LogP contribution in [0.5, 0.6) is 0 Å². The molecule has 1 N–H and O–H groups in total. The van der Waals surface area contributed by atoms with Crippen molar-refractivity contribution in [2.24, 2.45) is 5.41 Å². The maximum absolute atomic E-state index is 10.6. The number of hydrogen-bond acceptors (Lipinski definition) is 3. The van der Waals surface area contributed by atoms with Crippen LogP contribution in [0.3, 0.4) is 0 Å². The summed E-state index contributed by atoms with van der Waals surface area (Å²) in [5.74, 6) is 0. The van der Waals surface area contributed by atoms with E-state index in [1.54, 1.807) is 12.1 Å². The Labute approximate surface area is 119 Å². The van der Waals surface area contributed by atoms with Crippen LogP contribution in [0.4, 0.5) is 11.4 Å². The lowest BCUT2D eigenvalue weighted by atomic mass is 9.71. The van der Waals surface area contributed by atoms with Gasteiger partial charge in [0.05, 0.1) is 4.92 Å². The molecule has 0 radical (unpaired) electrons. The third-order valence-electron chi connectivity index (χ3n) is 5.16. The maximum Gasteiger partial charge on any atom is 0.269 e. The number of nitro benzene ring substituents is 1. The van der Waals surface area contributed by atoms with Crippen LogP contribution in [0.1, 0.15) is 51.4 Å². The van der Waals surface area contributed by atoms with Crippen LogP contribution in [-0.4, -0.2) is 11.0 Å². The fourth-order valence-electron chi connectivity index (χ4n) is 3.91. The Morgan fingerprint density at radius 1 is 1.05 bits per heavy atom. The summed E-state index contributed by atoms with van der Waals surface area (Å²) in [5, 5.41) is 14.2. The highest BCUT2D eigenvalue weighted by Gasteiger charge is 2.37. The Morgan fingerprint density at radius 3 is 2.20 bits per heavy atom. The van der Waals surface area contributed by atoms with Gasteiger partial charge in [-0.3, -0.25) is 10.1 Å². The van der Waals surface area contributed by atoms with Gasteiger partial charge in [-0.05, 0) is 56.1 Å². The molecule has 2 saturated carbocycles. The zero-order valence-corrected chi connectivity index (χ0v) is 11.8. The van der Waals surface area contributed by atoms with Crippen LogP contribution < -0.4 is 5.32 Å². The Balaban J connectivity index is 1.55. The smallest absolute Gasteiger partial charge is 0.269 e. The van der Waals surface area contributed by atoms with Crippen molar-refractivity contribution in [3.05, 3.63) is 34.4 Å². The highest BCUT2D eigenvalue weighted by molar-refractivity contribution is 5.49. The second kappa shape index (κ2) is 5.43. The first kappa shape index (κ1) is 13.4. The molecule has 4 heteroatoms. The summed E-state index contributed by atoms with van der Waals surface area (Å²) in [7, 11) is 0. The summed E-state index contributed by atoms with van der Waals surface area (Å²) in [5.41, 5.74) is 1.82. The molecule has 4 nitrogen and oxygen atoms in total. The molecule has 0 saturated heterocycles. The molecule has 0 aromatic heterocycles. The summed E-state index contributed by atoms with van der Waals surface area (Å²) in [6, 6.07) is 7.31. The lowest BCUT2D eigenvalue weighted by Crippen LogP contribution is -2.31. The monoisotopic (exact) mass is 274 g/mol. The minimum absolute atomic E-state index is 0.157. The molecule has 3 rings (SSSR count). The summed E-state index contributed by atoms with van der Waals surface area (Å²) < 4.78 is 0. The van der Waals surface area contributed by atoms with E-state index in [1.165, 1.54) is 51.4 Å². The van der Waals surface area contributed by atoms with Gasteiger partial charge < -0.3 is 5.32 Å². The number of nitrogens with one attached hydrogen (secondary N) is 1. The van der Waals surface area contributed by atoms with E-state index in [9.17, 15) is 10.1 Å². The summed E-state index contributed by atoms with van der Waals surface area (Å²) in [4.78, 5) is 10.3. The van der Waals surface area contributed by atoms with Crippen molar-refractivity contribution >= 4 is 11.4 Å². The lowest BCUT2D eigenvalue weighted by molar-refractivity contribution is -0.384. The molecule has 0 atom stereocenters. The average molecular weight is 274 g/mol. The second-order valence-corrected chi connectivity index (χ2v) is 6.43. The molecule has 108 valence electrons. The van der Waals surface area contributed by atoms with Crippen molar-refractivity contribution in [1.82, 2.24) is 0 Å². The Morgan fingerprint density at radius 2 is 1.65 bits per heavy atom. The van der Waals surface area contributed by atoms with E-state index in [0.717, 1.165) is 5.69 Å². The van der Waals surface area contributed by atoms with E-state index < -0.39 is 0 Å². The van der Waals surface area contributed by atoms with Crippen molar-refractivity contribution in [3.63, 3.8) is 0 Å². The molecule has 0 heterocycles. The number of hydrogen-bond donors (Lipinski definition) is 1. The first-order valence-corrected chi connectivity index (χ1v) is 7.68. The van der Waals surface area contributed by atoms with Gasteiger partial charge in [0, 0.05) is 23.9 Å². The summed E-state index contributed by atoms with van der Waals surface area (Å²) in [6.45, 7) is 0. The van der Waals surface area contributed by atoms with Crippen molar-refractivity contribution in [2.75, 3.05) is 5.32 Å². The van der Waals surface area contributed by atoms with Crippen LogP contribution in [-0.2, 0) is 0 Å². The van der Waals surface area contributed by atoms with Gasteiger partial charge >= 0.3 is 0 Å². The molecule has 0 aliphatic heterocycles. The number of anilines is 1. The number of nitrogens with zero attached hydrogens (tertiary/aromatic N) is 1. The first-order valence-electron chi connectivity index (χ1n) is 7.68. The number of non-ortho nitro benzene ring substituents is 1. The van der Waals surface area contributed by atoms with Gasteiger partial charge in [-0.15, -0.1) is 0 Å². The third-order valence-corrected chi connectivity index (χ3v) is 5.16. The van der Waals surface area contributed by atoms with Gasteiger partial charge in [0.1, 0.15) is 0 Å². The third kappa shape index (κ3) is 2.79. The molecule has 1 aromatic rings. The van der Waals surface area contributed by atoms with Gasteiger partial charge in [-0.1, -0.05) is 12.8 Å². The maximum atomic E-state index is 10.6. The lowest BCUT2D eigenvalue weighted by Gasteiger charge is -2.37. The molecule has 0 bridgehead atoms. The van der Waals surface area contributed by atoms with E-state index in [0.29, 0.717) is 11.5 Å². The Kier molecular flexibility index (Phi) is 3.64. The summed E-state index contributed by atoms with van der Waals surface area (Å²) >= 11 is 0. The Bertz CT molecular complexity index is 468. The van der Waals surface area contributed by atoms with Gasteiger partial charge in [0.2, 0.25) is 0 Å². The van der Waals surface area contributed by atoms with E-state index in [-0.39, 0.29) is 10.6 Å². The van der Waals surface area contributed by atoms with Crippen LogP contribution in [0, 0.1) is 15.5 Å². The number of nitro groups is 1. The number of rotatable bonds is 3. The molecule has 1 aromatic carbocycles. The van der Waals surface area contributed by atoms with E-state index in [2.05, 4.69) is 5.32 Å². The standard InChI is InChI=1S/C16H22N2O2/c19-18(20)15-5-3-13(4-6-15)17-14-7-11-16(12-8-14)9-1-2-10-16/h3-6,14,17H,1-2,7-12H2. The quantitative estimate of drug-likeness (QED) is 0.651.